The number of fused-ring (bicyclic) bond motifs is 1. The highest BCUT2D eigenvalue weighted by Crippen LogP contribution is 2.37. The summed E-state index contributed by atoms with van der Waals surface area (Å²) in [5.74, 6) is 0.611. The summed E-state index contributed by atoms with van der Waals surface area (Å²) in [5.41, 5.74) is 4.72. The first-order valence-corrected chi connectivity index (χ1v) is 7.73. The number of anilines is 2. The number of nitrogens with zero attached hydrogens (tertiary/aromatic N) is 1. The Balaban J connectivity index is 2.10. The molecule has 0 aliphatic carbocycles. The summed E-state index contributed by atoms with van der Waals surface area (Å²) < 4.78 is 1.00. The molecular weight excluding hydrogens is 314 g/mol. The average Bonchev–Trinajstić information content (AvgIpc) is 2.46. The Kier molecular flexibility index (Phi) is 3.81. The summed E-state index contributed by atoms with van der Waals surface area (Å²) in [5, 5.41) is 9.64. The summed E-state index contributed by atoms with van der Waals surface area (Å²) in [4.78, 5) is 2.33. The second-order valence-electron chi connectivity index (χ2n) is 5.48. The van der Waals surface area contributed by atoms with Gasteiger partial charge in [0.2, 0.25) is 0 Å². The molecule has 1 aliphatic heterocycles. The molecule has 1 N–H and O–H groups in total. The fraction of sp³-hybridized carbons (Fsp3) is 0.294. The van der Waals surface area contributed by atoms with Gasteiger partial charge in [0.25, 0.3) is 0 Å². The normalized spacial score (nSPS) is 17.9. The summed E-state index contributed by atoms with van der Waals surface area (Å²) in [6.45, 7) is 3.33. The van der Waals surface area contributed by atoms with Crippen molar-refractivity contribution in [3.63, 3.8) is 0 Å². The second-order valence-corrected chi connectivity index (χ2v) is 6.40. The predicted octanol–water partition coefficient (Wildman–Crippen LogP) is 4.27. The van der Waals surface area contributed by atoms with Gasteiger partial charge < -0.3 is 10.0 Å². The molecule has 3 heteroatoms. The van der Waals surface area contributed by atoms with E-state index in [0.29, 0.717) is 5.92 Å². The van der Waals surface area contributed by atoms with E-state index in [-0.39, 0.29) is 6.61 Å². The van der Waals surface area contributed by atoms with Crippen molar-refractivity contribution in [1.82, 2.24) is 0 Å². The Morgan fingerprint density at radius 1 is 1.20 bits per heavy atom. The first-order valence-electron chi connectivity index (χ1n) is 6.93. The maximum Gasteiger partial charge on any atom is 0.0702 e. The third-order valence-corrected chi connectivity index (χ3v) is 4.34. The zero-order valence-corrected chi connectivity index (χ0v) is 13.1. The molecule has 1 atom stereocenters. The molecule has 0 aromatic heterocycles. The van der Waals surface area contributed by atoms with Gasteiger partial charge in [-0.3, -0.25) is 0 Å². The van der Waals surface area contributed by atoms with Gasteiger partial charge in [0, 0.05) is 28.0 Å². The average molecular weight is 332 g/mol. The number of aliphatic hydroxyl groups excluding tert-OH is 1. The highest BCUT2D eigenvalue weighted by Gasteiger charge is 2.23. The molecule has 0 saturated carbocycles. The highest BCUT2D eigenvalue weighted by molar-refractivity contribution is 9.10. The van der Waals surface area contributed by atoms with Crippen molar-refractivity contribution < 1.29 is 5.11 Å². The van der Waals surface area contributed by atoms with E-state index in [1.54, 1.807) is 0 Å². The molecule has 3 rings (SSSR count). The third-order valence-electron chi connectivity index (χ3n) is 3.85. The molecule has 0 radical (unpaired) electrons. The van der Waals surface area contributed by atoms with Gasteiger partial charge in [0.05, 0.1) is 6.61 Å². The van der Waals surface area contributed by atoms with Gasteiger partial charge in [-0.1, -0.05) is 41.1 Å². The van der Waals surface area contributed by atoms with Crippen molar-refractivity contribution in [2.45, 2.75) is 20.0 Å². The lowest BCUT2D eigenvalue weighted by molar-refractivity contribution is 0.282. The van der Waals surface area contributed by atoms with Crippen LogP contribution in [-0.2, 0) is 13.0 Å². The van der Waals surface area contributed by atoms with Crippen LogP contribution in [0.3, 0.4) is 0 Å². The SMILES string of the molecule is CC1Cc2ccccc2N(c2ccc(Br)cc2CO)C1. The standard InChI is InChI=1S/C17H18BrNO/c1-12-8-13-4-2-3-5-16(13)19(10-12)17-7-6-15(18)9-14(17)11-20/h2-7,9,12,20H,8,10-11H2,1H3. The van der Waals surface area contributed by atoms with E-state index >= 15 is 0 Å². The van der Waals surface area contributed by atoms with Gasteiger partial charge in [-0.15, -0.1) is 0 Å². The molecule has 2 aromatic carbocycles. The maximum absolute atomic E-state index is 9.64. The molecule has 0 saturated heterocycles. The van der Waals surface area contributed by atoms with Gasteiger partial charge in [0.15, 0.2) is 0 Å². The largest absolute Gasteiger partial charge is 0.392 e. The molecule has 0 spiro atoms. The van der Waals surface area contributed by atoms with E-state index in [4.69, 9.17) is 0 Å². The number of benzene rings is 2. The lowest BCUT2D eigenvalue weighted by Crippen LogP contribution is -2.31. The van der Waals surface area contributed by atoms with E-state index in [2.05, 4.69) is 58.1 Å². The number of hydrogen-bond donors (Lipinski definition) is 1. The van der Waals surface area contributed by atoms with Crippen molar-refractivity contribution in [3.05, 3.63) is 58.1 Å². The van der Waals surface area contributed by atoms with Crippen LogP contribution >= 0.6 is 15.9 Å². The smallest absolute Gasteiger partial charge is 0.0702 e. The zero-order valence-electron chi connectivity index (χ0n) is 11.5. The van der Waals surface area contributed by atoms with Crippen LogP contribution in [0.2, 0.25) is 0 Å². The monoisotopic (exact) mass is 331 g/mol. The van der Waals surface area contributed by atoms with Gasteiger partial charge in [-0.2, -0.15) is 0 Å². The van der Waals surface area contributed by atoms with Crippen LogP contribution in [0.5, 0.6) is 0 Å². The third kappa shape index (κ3) is 2.48. The summed E-state index contributed by atoms with van der Waals surface area (Å²) in [7, 11) is 0. The zero-order chi connectivity index (χ0) is 14.1. The fourth-order valence-electron chi connectivity index (χ4n) is 2.97. The second kappa shape index (κ2) is 5.58. The van der Waals surface area contributed by atoms with E-state index in [0.717, 1.165) is 28.7 Å². The number of hydrogen-bond acceptors (Lipinski definition) is 2. The van der Waals surface area contributed by atoms with E-state index < -0.39 is 0 Å². The first-order chi connectivity index (χ1) is 9.69. The van der Waals surface area contributed by atoms with Crippen LogP contribution in [0.15, 0.2) is 46.9 Å². The molecule has 2 nitrogen and oxygen atoms in total. The van der Waals surface area contributed by atoms with Crippen molar-refractivity contribution in [1.29, 1.82) is 0 Å². The quantitative estimate of drug-likeness (QED) is 0.888. The van der Waals surface area contributed by atoms with Crippen LogP contribution in [0.4, 0.5) is 11.4 Å². The van der Waals surface area contributed by atoms with Crippen LogP contribution in [0.25, 0.3) is 0 Å². The molecule has 0 amide bonds. The molecule has 1 aliphatic rings. The molecule has 20 heavy (non-hydrogen) atoms. The summed E-state index contributed by atoms with van der Waals surface area (Å²) >= 11 is 3.48. The molecule has 1 unspecified atom stereocenters. The van der Waals surface area contributed by atoms with Gasteiger partial charge in [0.1, 0.15) is 0 Å². The van der Waals surface area contributed by atoms with Crippen LogP contribution < -0.4 is 4.90 Å². The molecule has 104 valence electrons. The van der Waals surface area contributed by atoms with E-state index in [1.165, 1.54) is 11.3 Å². The van der Waals surface area contributed by atoms with Gasteiger partial charge in [-0.05, 0) is 42.2 Å². The minimum Gasteiger partial charge on any atom is -0.392 e. The lowest BCUT2D eigenvalue weighted by atomic mass is 9.93. The maximum atomic E-state index is 9.64. The van der Waals surface area contributed by atoms with Crippen LogP contribution in [-0.4, -0.2) is 11.7 Å². The van der Waals surface area contributed by atoms with Gasteiger partial charge in [-0.25, -0.2) is 0 Å². The van der Waals surface area contributed by atoms with E-state index in [9.17, 15) is 5.11 Å². The Labute approximate surface area is 128 Å². The number of para-hydroxylation sites is 1. The summed E-state index contributed by atoms with van der Waals surface area (Å²) in [6.07, 6.45) is 1.12. The Hall–Kier alpha value is -1.32. The van der Waals surface area contributed by atoms with Crippen molar-refractivity contribution in [2.75, 3.05) is 11.4 Å². The Morgan fingerprint density at radius 3 is 2.80 bits per heavy atom. The Morgan fingerprint density at radius 2 is 2.00 bits per heavy atom. The van der Waals surface area contributed by atoms with Crippen molar-refractivity contribution >= 4 is 27.3 Å². The topological polar surface area (TPSA) is 23.5 Å². The summed E-state index contributed by atoms with van der Waals surface area (Å²) in [6, 6.07) is 14.7. The number of aliphatic hydroxyl groups is 1. The minimum absolute atomic E-state index is 0.0574. The highest BCUT2D eigenvalue weighted by atomic mass is 79.9. The van der Waals surface area contributed by atoms with Crippen molar-refractivity contribution in [3.8, 4) is 0 Å². The van der Waals surface area contributed by atoms with Crippen molar-refractivity contribution in [2.24, 2.45) is 5.92 Å². The number of halogens is 1. The first kappa shape index (κ1) is 13.7. The lowest BCUT2D eigenvalue weighted by Gasteiger charge is -2.36. The van der Waals surface area contributed by atoms with Gasteiger partial charge >= 0.3 is 0 Å². The molecule has 2 aromatic rings. The predicted molar refractivity (Wildman–Crippen MR) is 86.4 cm³/mol. The number of rotatable bonds is 2. The van der Waals surface area contributed by atoms with Crippen LogP contribution in [0.1, 0.15) is 18.1 Å². The van der Waals surface area contributed by atoms with E-state index in [1.807, 2.05) is 12.1 Å². The van der Waals surface area contributed by atoms with Crippen LogP contribution in [0, 0.1) is 5.92 Å². The molecule has 0 fully saturated rings. The Bertz CT molecular complexity index is 626. The molecule has 1 heterocycles. The molecule has 0 bridgehead atoms. The minimum atomic E-state index is 0.0574. The molecular formula is C17H18BrNO. The fourth-order valence-corrected chi connectivity index (χ4v) is 3.38.